The van der Waals surface area contributed by atoms with Crippen molar-refractivity contribution < 1.29 is 19.5 Å². The topological polar surface area (TPSA) is 86.7 Å². The third-order valence-corrected chi connectivity index (χ3v) is 3.84. The van der Waals surface area contributed by atoms with Gasteiger partial charge in [0.15, 0.2) is 0 Å². The molecule has 2 amide bonds. The van der Waals surface area contributed by atoms with Crippen LogP contribution in [0.5, 0.6) is 0 Å². The summed E-state index contributed by atoms with van der Waals surface area (Å²) in [4.78, 5) is 36.5. The lowest BCUT2D eigenvalue weighted by molar-refractivity contribution is -0.143. The first-order chi connectivity index (χ1) is 9.95. The van der Waals surface area contributed by atoms with Gasteiger partial charge in [-0.05, 0) is 25.7 Å². The van der Waals surface area contributed by atoms with Crippen LogP contribution in [0.3, 0.4) is 0 Å². The predicted octanol–water partition coefficient (Wildman–Crippen LogP) is 1.40. The van der Waals surface area contributed by atoms with E-state index in [9.17, 15) is 14.4 Å². The molecule has 0 heterocycles. The molecule has 1 saturated carbocycles. The van der Waals surface area contributed by atoms with Gasteiger partial charge in [-0.25, -0.2) is 0 Å². The van der Waals surface area contributed by atoms with E-state index in [1.165, 1.54) is 0 Å². The molecule has 21 heavy (non-hydrogen) atoms. The van der Waals surface area contributed by atoms with Gasteiger partial charge in [0.25, 0.3) is 0 Å². The highest BCUT2D eigenvalue weighted by Gasteiger charge is 2.50. The molecule has 6 heteroatoms. The van der Waals surface area contributed by atoms with Gasteiger partial charge in [-0.2, -0.15) is 0 Å². The van der Waals surface area contributed by atoms with Crippen LogP contribution >= 0.6 is 0 Å². The van der Waals surface area contributed by atoms with Crippen molar-refractivity contribution in [3.8, 4) is 0 Å². The number of rotatable bonds is 10. The number of carboxylic acid groups (broad SMARTS) is 1. The third kappa shape index (κ3) is 5.36. The van der Waals surface area contributed by atoms with Crippen LogP contribution in [0.4, 0.5) is 0 Å². The van der Waals surface area contributed by atoms with Gasteiger partial charge >= 0.3 is 5.97 Å². The zero-order chi connectivity index (χ0) is 15.9. The molecule has 120 valence electrons. The molecule has 0 saturated heterocycles. The number of amides is 2. The fraction of sp³-hybridized carbons (Fsp3) is 0.800. The van der Waals surface area contributed by atoms with Gasteiger partial charge < -0.3 is 15.3 Å². The largest absolute Gasteiger partial charge is 0.481 e. The molecule has 0 unspecified atom stereocenters. The summed E-state index contributed by atoms with van der Waals surface area (Å²) in [7, 11) is 0. The van der Waals surface area contributed by atoms with Crippen LogP contribution in [-0.4, -0.2) is 47.4 Å². The van der Waals surface area contributed by atoms with Crippen LogP contribution in [-0.2, 0) is 14.4 Å². The van der Waals surface area contributed by atoms with E-state index in [1.54, 1.807) is 4.90 Å². The Morgan fingerprint density at radius 2 is 1.67 bits per heavy atom. The number of carbonyl (C=O) groups excluding carboxylic acids is 2. The minimum absolute atomic E-state index is 0.00628. The molecule has 1 aliphatic carbocycles. The Hall–Kier alpha value is -1.59. The molecule has 1 rings (SSSR count). The number of nitrogens with zero attached hydrogens (tertiary/aromatic N) is 1. The number of hydrogen-bond donors (Lipinski definition) is 2. The zero-order valence-electron chi connectivity index (χ0n) is 13.0. The monoisotopic (exact) mass is 298 g/mol. The fourth-order valence-corrected chi connectivity index (χ4v) is 2.25. The first-order valence-corrected chi connectivity index (χ1v) is 7.73. The van der Waals surface area contributed by atoms with Crippen molar-refractivity contribution in [3.05, 3.63) is 0 Å². The highest BCUT2D eigenvalue weighted by molar-refractivity contribution is 5.84. The molecular weight excluding hydrogens is 272 g/mol. The normalized spacial score (nSPS) is 15.3. The first kappa shape index (κ1) is 17.5. The Labute approximate surface area is 125 Å². The van der Waals surface area contributed by atoms with E-state index in [4.69, 9.17) is 5.11 Å². The predicted molar refractivity (Wildman–Crippen MR) is 78.7 cm³/mol. The Bertz CT molecular complexity index is 385. The van der Waals surface area contributed by atoms with Crippen LogP contribution in [0.15, 0.2) is 0 Å². The summed E-state index contributed by atoms with van der Waals surface area (Å²) in [5, 5.41) is 11.6. The summed E-state index contributed by atoms with van der Waals surface area (Å²) < 4.78 is 0. The van der Waals surface area contributed by atoms with Gasteiger partial charge in [-0.15, -0.1) is 0 Å². The van der Waals surface area contributed by atoms with Crippen LogP contribution in [0.2, 0.25) is 0 Å². The highest BCUT2D eigenvalue weighted by atomic mass is 16.4. The summed E-state index contributed by atoms with van der Waals surface area (Å²) in [6.45, 7) is 5.64. The van der Waals surface area contributed by atoms with Gasteiger partial charge in [0.1, 0.15) is 0 Å². The van der Waals surface area contributed by atoms with Crippen molar-refractivity contribution in [1.82, 2.24) is 10.2 Å². The Balaban J connectivity index is 2.28. The van der Waals surface area contributed by atoms with Gasteiger partial charge in [-0.3, -0.25) is 14.4 Å². The highest BCUT2D eigenvalue weighted by Crippen LogP contribution is 2.45. The van der Waals surface area contributed by atoms with E-state index in [2.05, 4.69) is 5.32 Å². The van der Waals surface area contributed by atoms with Crippen molar-refractivity contribution in [2.45, 2.75) is 52.4 Å². The molecule has 0 aromatic heterocycles. The van der Waals surface area contributed by atoms with Crippen molar-refractivity contribution >= 4 is 17.8 Å². The molecule has 0 radical (unpaired) electrons. The quantitative estimate of drug-likeness (QED) is 0.638. The lowest BCUT2D eigenvalue weighted by Crippen LogP contribution is -2.36. The van der Waals surface area contributed by atoms with Crippen molar-refractivity contribution in [3.63, 3.8) is 0 Å². The molecule has 0 spiro atoms. The maximum absolute atomic E-state index is 12.0. The maximum Gasteiger partial charge on any atom is 0.311 e. The van der Waals surface area contributed by atoms with Crippen LogP contribution in [0, 0.1) is 5.41 Å². The van der Waals surface area contributed by atoms with Crippen molar-refractivity contribution in [2.75, 3.05) is 19.6 Å². The fourth-order valence-electron chi connectivity index (χ4n) is 2.25. The minimum atomic E-state index is -0.851. The van der Waals surface area contributed by atoms with E-state index in [0.29, 0.717) is 12.8 Å². The molecule has 1 aliphatic rings. The minimum Gasteiger partial charge on any atom is -0.481 e. The molecule has 1 fully saturated rings. The van der Waals surface area contributed by atoms with E-state index >= 15 is 0 Å². The summed E-state index contributed by atoms with van der Waals surface area (Å²) in [5.41, 5.74) is -0.754. The smallest absolute Gasteiger partial charge is 0.311 e. The summed E-state index contributed by atoms with van der Waals surface area (Å²) in [6.07, 6.45) is 3.34. The SMILES string of the molecule is CCCN(CCC)C(=O)CCC(=O)NCC1(C(=O)O)CC1. The van der Waals surface area contributed by atoms with Crippen molar-refractivity contribution in [2.24, 2.45) is 5.41 Å². The molecule has 0 aromatic carbocycles. The van der Waals surface area contributed by atoms with E-state index < -0.39 is 11.4 Å². The Kier molecular flexibility index (Phi) is 6.65. The van der Waals surface area contributed by atoms with Gasteiger partial charge in [-0.1, -0.05) is 13.8 Å². The Morgan fingerprint density at radius 1 is 1.10 bits per heavy atom. The molecule has 0 aliphatic heterocycles. The van der Waals surface area contributed by atoms with Gasteiger partial charge in [0.2, 0.25) is 11.8 Å². The molecule has 0 bridgehead atoms. The molecule has 0 aromatic rings. The number of hydrogen-bond acceptors (Lipinski definition) is 3. The lowest BCUT2D eigenvalue weighted by atomic mass is 10.1. The van der Waals surface area contributed by atoms with E-state index in [1.807, 2.05) is 13.8 Å². The number of nitrogens with one attached hydrogen (secondary N) is 1. The van der Waals surface area contributed by atoms with Crippen molar-refractivity contribution in [1.29, 1.82) is 0 Å². The van der Waals surface area contributed by atoms with Crippen LogP contribution < -0.4 is 5.32 Å². The van der Waals surface area contributed by atoms with E-state index in [-0.39, 0.29) is 31.2 Å². The first-order valence-electron chi connectivity index (χ1n) is 7.73. The summed E-state index contributed by atoms with van der Waals surface area (Å²) in [5.74, 6) is -1.10. The van der Waals surface area contributed by atoms with Gasteiger partial charge in [0.05, 0.1) is 5.41 Å². The number of carbonyl (C=O) groups is 3. The standard InChI is InChI=1S/C15H26N2O4/c1-3-9-17(10-4-2)13(19)6-5-12(18)16-11-15(7-8-15)14(20)21/h3-11H2,1-2H3,(H,16,18)(H,20,21). The second-order valence-corrected chi connectivity index (χ2v) is 5.74. The Morgan fingerprint density at radius 3 is 2.10 bits per heavy atom. The number of carboxylic acids is 1. The molecule has 6 nitrogen and oxygen atoms in total. The van der Waals surface area contributed by atoms with Crippen LogP contribution in [0.1, 0.15) is 52.4 Å². The summed E-state index contributed by atoms with van der Waals surface area (Å²) >= 11 is 0. The van der Waals surface area contributed by atoms with E-state index in [0.717, 1.165) is 25.9 Å². The average Bonchev–Trinajstić information content (AvgIpc) is 3.23. The van der Waals surface area contributed by atoms with Gasteiger partial charge in [0, 0.05) is 32.5 Å². The second kappa shape index (κ2) is 8.00. The molecule has 0 atom stereocenters. The second-order valence-electron chi connectivity index (χ2n) is 5.74. The molecular formula is C15H26N2O4. The summed E-state index contributed by atoms with van der Waals surface area (Å²) in [6, 6.07) is 0. The lowest BCUT2D eigenvalue weighted by Gasteiger charge is -2.21. The average molecular weight is 298 g/mol. The maximum atomic E-state index is 12.0. The third-order valence-electron chi connectivity index (χ3n) is 3.84. The van der Waals surface area contributed by atoms with Crippen LogP contribution in [0.25, 0.3) is 0 Å². The molecule has 2 N–H and O–H groups in total. The zero-order valence-corrected chi connectivity index (χ0v) is 13.0. The number of aliphatic carboxylic acids is 1.